The average Bonchev–Trinajstić information content (AvgIpc) is 2.95. The monoisotopic (exact) mass is 355 g/mol. The van der Waals surface area contributed by atoms with E-state index in [0.717, 1.165) is 5.56 Å². The third kappa shape index (κ3) is 2.73. The highest BCUT2D eigenvalue weighted by Gasteiger charge is 2.51. The van der Waals surface area contributed by atoms with E-state index in [9.17, 15) is 13.5 Å². The Hall–Kier alpha value is -1.15. The number of rotatable bonds is 4. The van der Waals surface area contributed by atoms with Gasteiger partial charge in [-0.3, -0.25) is 0 Å². The van der Waals surface area contributed by atoms with Crippen LogP contribution in [-0.2, 0) is 14.8 Å². The number of hydrogen-bond donors (Lipinski definition) is 1. The summed E-state index contributed by atoms with van der Waals surface area (Å²) in [6.07, 6.45) is 0.691. The lowest BCUT2D eigenvalue weighted by molar-refractivity contribution is -0.0414. The van der Waals surface area contributed by atoms with Crippen molar-refractivity contribution >= 4 is 10.0 Å². The van der Waals surface area contributed by atoms with Crippen molar-refractivity contribution in [1.29, 1.82) is 0 Å². The van der Waals surface area contributed by atoms with Gasteiger partial charge in [0.15, 0.2) is 0 Å². The molecule has 0 spiro atoms. The number of aliphatic hydroxyl groups excluding tert-OH is 1. The van der Waals surface area contributed by atoms with E-state index in [1.54, 1.807) is 13.0 Å². The van der Waals surface area contributed by atoms with Crippen LogP contribution in [0, 0.1) is 25.2 Å². The van der Waals surface area contributed by atoms with Gasteiger partial charge in [-0.25, -0.2) is 8.42 Å². The zero-order valence-corrected chi connectivity index (χ0v) is 15.2. The van der Waals surface area contributed by atoms with E-state index >= 15 is 0 Å². The fourth-order valence-corrected chi connectivity index (χ4v) is 5.69. The third-order valence-electron chi connectivity index (χ3n) is 5.47. The molecule has 0 unspecified atom stereocenters. The molecular formula is C17H25NO5S. The van der Waals surface area contributed by atoms with Gasteiger partial charge >= 0.3 is 0 Å². The number of nitrogens with zero attached hydrogens (tertiary/aromatic N) is 1. The smallest absolute Gasteiger partial charge is 0.243 e. The molecule has 0 amide bonds. The molecule has 0 bridgehead atoms. The quantitative estimate of drug-likeness (QED) is 0.882. The van der Waals surface area contributed by atoms with E-state index in [4.69, 9.17) is 9.47 Å². The number of aliphatic hydroxyl groups is 1. The van der Waals surface area contributed by atoms with Crippen molar-refractivity contribution < 1.29 is 23.0 Å². The number of hydrogen-bond acceptors (Lipinski definition) is 5. The molecule has 2 heterocycles. The van der Waals surface area contributed by atoms with Crippen molar-refractivity contribution in [2.24, 2.45) is 11.3 Å². The van der Waals surface area contributed by atoms with Crippen molar-refractivity contribution in [1.82, 2.24) is 4.31 Å². The Bertz CT molecular complexity index is 733. The average molecular weight is 355 g/mol. The first-order valence-electron chi connectivity index (χ1n) is 8.18. The van der Waals surface area contributed by atoms with E-state index < -0.39 is 10.0 Å². The molecule has 24 heavy (non-hydrogen) atoms. The summed E-state index contributed by atoms with van der Waals surface area (Å²) in [6.45, 7) is 5.49. The maximum absolute atomic E-state index is 13.2. The van der Waals surface area contributed by atoms with Crippen LogP contribution >= 0.6 is 0 Å². The number of sulfonamides is 1. The first-order chi connectivity index (χ1) is 11.3. The second kappa shape index (κ2) is 6.29. The largest absolute Gasteiger partial charge is 0.496 e. The Morgan fingerprint density at radius 1 is 1.38 bits per heavy atom. The van der Waals surface area contributed by atoms with E-state index in [1.165, 1.54) is 11.4 Å². The van der Waals surface area contributed by atoms with Gasteiger partial charge in [0.05, 0.1) is 25.2 Å². The van der Waals surface area contributed by atoms with Crippen LogP contribution in [-0.4, -0.2) is 57.8 Å². The molecule has 2 atom stereocenters. The lowest BCUT2D eigenvalue weighted by Gasteiger charge is -2.36. The fourth-order valence-electron chi connectivity index (χ4n) is 3.89. The van der Waals surface area contributed by atoms with Crippen molar-refractivity contribution in [2.75, 3.05) is 40.0 Å². The van der Waals surface area contributed by atoms with E-state index in [0.29, 0.717) is 44.0 Å². The van der Waals surface area contributed by atoms with Gasteiger partial charge in [-0.2, -0.15) is 4.31 Å². The molecule has 0 saturated carbocycles. The van der Waals surface area contributed by atoms with Crippen LogP contribution in [0.2, 0.25) is 0 Å². The molecule has 0 radical (unpaired) electrons. The molecule has 1 aromatic rings. The first kappa shape index (κ1) is 17.7. The summed E-state index contributed by atoms with van der Waals surface area (Å²) in [4.78, 5) is 0.276. The van der Waals surface area contributed by atoms with Crippen LogP contribution in [0.3, 0.4) is 0 Å². The Morgan fingerprint density at radius 2 is 2.12 bits per heavy atom. The summed E-state index contributed by atoms with van der Waals surface area (Å²) >= 11 is 0. The minimum Gasteiger partial charge on any atom is -0.496 e. The standard InChI is InChI=1S/C17H25NO5S/c1-12-6-13(2)16(7-15(12)22-3)24(20,21)18-8-14-9-23-5-4-17(14,10-18)11-19/h6-7,14,19H,4-5,8-11H2,1-3H3/t14-,17-/m1/s1. The molecule has 0 aromatic heterocycles. The summed E-state index contributed by atoms with van der Waals surface area (Å²) in [5.74, 6) is 0.606. The van der Waals surface area contributed by atoms with Crippen LogP contribution in [0.4, 0.5) is 0 Å². The van der Waals surface area contributed by atoms with Crippen molar-refractivity contribution in [3.8, 4) is 5.75 Å². The van der Waals surface area contributed by atoms with E-state index in [2.05, 4.69) is 0 Å². The minimum atomic E-state index is -3.64. The summed E-state index contributed by atoms with van der Waals surface area (Å²) in [7, 11) is -2.10. The summed E-state index contributed by atoms with van der Waals surface area (Å²) in [6, 6.07) is 3.43. The molecule has 3 rings (SSSR count). The predicted molar refractivity (Wildman–Crippen MR) is 89.7 cm³/mol. The Labute approximate surface area is 143 Å². The first-order valence-corrected chi connectivity index (χ1v) is 9.62. The number of aryl methyl sites for hydroxylation is 2. The van der Waals surface area contributed by atoms with Gasteiger partial charge in [0.2, 0.25) is 10.0 Å². The lowest BCUT2D eigenvalue weighted by Crippen LogP contribution is -2.41. The zero-order valence-electron chi connectivity index (χ0n) is 14.4. The molecular weight excluding hydrogens is 330 g/mol. The number of ether oxygens (including phenoxy) is 2. The number of benzene rings is 1. The van der Waals surface area contributed by atoms with Gasteiger partial charge in [-0.1, -0.05) is 6.07 Å². The van der Waals surface area contributed by atoms with Gasteiger partial charge < -0.3 is 14.6 Å². The molecule has 0 aliphatic carbocycles. The topological polar surface area (TPSA) is 76.1 Å². The molecule has 2 aliphatic rings. The highest BCUT2D eigenvalue weighted by Crippen LogP contribution is 2.44. The molecule has 134 valence electrons. The number of methoxy groups -OCH3 is 1. The summed E-state index contributed by atoms with van der Waals surface area (Å²) in [5, 5.41) is 9.88. The normalized spacial score (nSPS) is 27.9. The van der Waals surface area contributed by atoms with Gasteiger partial charge in [-0.15, -0.1) is 0 Å². The highest BCUT2D eigenvalue weighted by atomic mass is 32.2. The molecule has 2 saturated heterocycles. The van der Waals surface area contributed by atoms with Gasteiger partial charge in [-0.05, 0) is 31.4 Å². The lowest BCUT2D eigenvalue weighted by atomic mass is 9.75. The minimum absolute atomic E-state index is 0.0107. The van der Waals surface area contributed by atoms with Crippen LogP contribution in [0.25, 0.3) is 0 Å². The molecule has 1 aromatic carbocycles. The van der Waals surface area contributed by atoms with Gasteiger partial charge in [0.25, 0.3) is 0 Å². The van der Waals surface area contributed by atoms with Gasteiger partial charge in [0, 0.05) is 37.1 Å². The molecule has 2 fully saturated rings. The second-order valence-electron chi connectivity index (χ2n) is 6.93. The fraction of sp³-hybridized carbons (Fsp3) is 0.647. The Morgan fingerprint density at radius 3 is 2.75 bits per heavy atom. The Balaban J connectivity index is 1.97. The SMILES string of the molecule is COc1cc(S(=O)(=O)N2C[C@@H]3COCC[C@]3(CO)C2)c(C)cc1C. The maximum atomic E-state index is 13.2. The van der Waals surface area contributed by atoms with Crippen molar-refractivity contribution in [2.45, 2.75) is 25.2 Å². The molecule has 6 nitrogen and oxygen atoms in total. The summed E-state index contributed by atoms with van der Waals surface area (Å²) < 4.78 is 38.7. The van der Waals surface area contributed by atoms with Crippen LogP contribution in [0.5, 0.6) is 5.75 Å². The van der Waals surface area contributed by atoms with Crippen molar-refractivity contribution in [3.63, 3.8) is 0 Å². The predicted octanol–water partition coefficient (Wildman–Crippen LogP) is 1.33. The second-order valence-corrected chi connectivity index (χ2v) is 8.83. The van der Waals surface area contributed by atoms with Crippen molar-refractivity contribution in [3.05, 3.63) is 23.3 Å². The summed E-state index contributed by atoms with van der Waals surface area (Å²) in [5.41, 5.74) is 1.23. The molecule has 1 N–H and O–H groups in total. The zero-order chi connectivity index (χ0) is 17.5. The van der Waals surface area contributed by atoms with E-state index in [1.807, 2.05) is 13.0 Å². The highest BCUT2D eigenvalue weighted by molar-refractivity contribution is 7.89. The third-order valence-corrected chi connectivity index (χ3v) is 7.42. The van der Waals surface area contributed by atoms with Crippen LogP contribution < -0.4 is 4.74 Å². The van der Waals surface area contributed by atoms with Gasteiger partial charge in [0.1, 0.15) is 5.75 Å². The van der Waals surface area contributed by atoms with Crippen LogP contribution in [0.1, 0.15) is 17.5 Å². The molecule has 7 heteroatoms. The maximum Gasteiger partial charge on any atom is 0.243 e. The Kier molecular flexibility index (Phi) is 4.63. The van der Waals surface area contributed by atoms with Crippen LogP contribution in [0.15, 0.2) is 17.0 Å². The van der Waals surface area contributed by atoms with E-state index in [-0.39, 0.29) is 22.8 Å². The number of fused-ring (bicyclic) bond motifs is 1. The molecule has 2 aliphatic heterocycles.